The number of hydrogen-bond donors (Lipinski definition) is 2. The van der Waals surface area contributed by atoms with Crippen molar-refractivity contribution in [2.75, 3.05) is 0 Å². The minimum Gasteiger partial charge on any atom is -0.478 e. The zero-order chi connectivity index (χ0) is 17.0. The standard InChI is InChI=1S/C11H3F8NO2/c12-6-3-2(10(14,15)16)1-20-8(3)4(9(21)22)7(13)5(6)11(17,18)19/h1,20H,(H,21,22). The predicted molar refractivity (Wildman–Crippen MR) is 55.2 cm³/mol. The molecular formula is C11H3F8NO2. The molecule has 0 radical (unpaired) electrons. The monoisotopic (exact) mass is 333 g/mol. The Balaban J connectivity index is 3.09. The maximum atomic E-state index is 13.8. The van der Waals surface area contributed by atoms with Crippen molar-refractivity contribution in [3.05, 3.63) is 34.5 Å². The molecule has 22 heavy (non-hydrogen) atoms. The summed E-state index contributed by atoms with van der Waals surface area (Å²) in [6, 6.07) is 0. The minimum atomic E-state index is -5.72. The van der Waals surface area contributed by atoms with E-state index in [4.69, 9.17) is 5.11 Å². The van der Waals surface area contributed by atoms with E-state index in [-0.39, 0.29) is 6.20 Å². The van der Waals surface area contributed by atoms with Gasteiger partial charge in [-0.1, -0.05) is 0 Å². The lowest BCUT2D eigenvalue weighted by molar-refractivity contribution is -0.143. The Bertz CT molecular complexity index is 771. The fourth-order valence-electron chi connectivity index (χ4n) is 1.98. The Kier molecular flexibility index (Phi) is 3.34. The number of rotatable bonds is 1. The summed E-state index contributed by atoms with van der Waals surface area (Å²) in [4.78, 5) is 12.5. The van der Waals surface area contributed by atoms with Crippen LogP contribution in [0.1, 0.15) is 21.5 Å². The molecular weight excluding hydrogens is 330 g/mol. The first-order valence-corrected chi connectivity index (χ1v) is 5.27. The van der Waals surface area contributed by atoms with E-state index in [1.54, 1.807) is 4.98 Å². The van der Waals surface area contributed by atoms with Gasteiger partial charge in [-0.05, 0) is 0 Å². The predicted octanol–water partition coefficient (Wildman–Crippen LogP) is 4.18. The van der Waals surface area contributed by atoms with Crippen LogP contribution in [0.15, 0.2) is 6.20 Å². The Morgan fingerprint density at radius 3 is 1.95 bits per heavy atom. The van der Waals surface area contributed by atoms with Crippen molar-refractivity contribution in [1.82, 2.24) is 4.98 Å². The molecule has 2 aromatic rings. The van der Waals surface area contributed by atoms with Gasteiger partial charge in [-0.3, -0.25) is 0 Å². The van der Waals surface area contributed by atoms with Crippen LogP contribution in [0, 0.1) is 11.6 Å². The Morgan fingerprint density at radius 2 is 1.55 bits per heavy atom. The number of aromatic amines is 1. The lowest BCUT2D eigenvalue weighted by atomic mass is 10.0. The summed E-state index contributed by atoms with van der Waals surface area (Å²) >= 11 is 0. The molecule has 1 heterocycles. The zero-order valence-electron chi connectivity index (χ0n) is 9.96. The normalized spacial score (nSPS) is 12.9. The van der Waals surface area contributed by atoms with Crippen molar-refractivity contribution in [3.63, 3.8) is 0 Å². The summed E-state index contributed by atoms with van der Waals surface area (Å²) in [6.07, 6.45) is -10.9. The number of hydrogen-bond acceptors (Lipinski definition) is 1. The number of nitrogens with one attached hydrogen (secondary N) is 1. The van der Waals surface area contributed by atoms with Gasteiger partial charge in [-0.2, -0.15) is 26.3 Å². The van der Waals surface area contributed by atoms with Crippen molar-refractivity contribution in [2.45, 2.75) is 12.4 Å². The Labute approximate surface area is 115 Å². The smallest absolute Gasteiger partial charge is 0.422 e. The summed E-state index contributed by atoms with van der Waals surface area (Å²) in [5, 5.41) is 7.04. The number of halogens is 8. The van der Waals surface area contributed by atoms with Crippen LogP contribution >= 0.6 is 0 Å². The maximum absolute atomic E-state index is 13.8. The highest BCUT2D eigenvalue weighted by atomic mass is 19.4. The molecule has 3 nitrogen and oxygen atoms in total. The van der Waals surface area contributed by atoms with Gasteiger partial charge in [-0.15, -0.1) is 0 Å². The van der Waals surface area contributed by atoms with Crippen LogP contribution in [0.4, 0.5) is 35.1 Å². The van der Waals surface area contributed by atoms with Gasteiger partial charge in [0.15, 0.2) is 5.82 Å². The van der Waals surface area contributed by atoms with Crippen molar-refractivity contribution in [2.24, 2.45) is 0 Å². The number of aromatic carboxylic acids is 1. The molecule has 2 N–H and O–H groups in total. The molecule has 11 heteroatoms. The average Bonchev–Trinajstić information content (AvgIpc) is 2.70. The molecule has 2 rings (SSSR count). The van der Waals surface area contributed by atoms with Gasteiger partial charge in [0.2, 0.25) is 0 Å². The number of aromatic nitrogens is 1. The van der Waals surface area contributed by atoms with Gasteiger partial charge in [0, 0.05) is 11.6 Å². The van der Waals surface area contributed by atoms with E-state index < -0.39 is 57.5 Å². The fraction of sp³-hybridized carbons (Fsp3) is 0.182. The van der Waals surface area contributed by atoms with E-state index in [2.05, 4.69) is 0 Å². The van der Waals surface area contributed by atoms with Crippen LogP contribution in [0.2, 0.25) is 0 Å². The van der Waals surface area contributed by atoms with E-state index in [0.29, 0.717) is 0 Å². The van der Waals surface area contributed by atoms with Crippen molar-refractivity contribution < 1.29 is 45.0 Å². The summed E-state index contributed by atoms with van der Waals surface area (Å²) in [5.74, 6) is -7.30. The van der Waals surface area contributed by atoms with Gasteiger partial charge in [-0.25, -0.2) is 13.6 Å². The quantitative estimate of drug-likeness (QED) is 0.769. The van der Waals surface area contributed by atoms with Gasteiger partial charge < -0.3 is 10.1 Å². The second-order valence-corrected chi connectivity index (χ2v) is 4.13. The fourth-order valence-corrected chi connectivity index (χ4v) is 1.98. The molecule has 0 aliphatic carbocycles. The van der Waals surface area contributed by atoms with E-state index >= 15 is 0 Å². The molecule has 0 atom stereocenters. The van der Waals surface area contributed by atoms with Crippen LogP contribution in [0.25, 0.3) is 10.9 Å². The van der Waals surface area contributed by atoms with Crippen LogP contribution in [0.3, 0.4) is 0 Å². The molecule has 0 amide bonds. The molecule has 0 saturated carbocycles. The number of carboxylic acid groups (broad SMARTS) is 1. The van der Waals surface area contributed by atoms with E-state index in [1.165, 1.54) is 0 Å². The third-order valence-electron chi connectivity index (χ3n) is 2.81. The number of benzene rings is 1. The summed E-state index contributed by atoms with van der Waals surface area (Å²) in [6.45, 7) is 0. The molecule has 0 unspecified atom stereocenters. The van der Waals surface area contributed by atoms with Gasteiger partial charge >= 0.3 is 18.3 Å². The van der Waals surface area contributed by atoms with E-state index in [0.717, 1.165) is 0 Å². The second kappa shape index (κ2) is 4.58. The first-order valence-electron chi connectivity index (χ1n) is 5.27. The van der Waals surface area contributed by atoms with Gasteiger partial charge in [0.1, 0.15) is 16.9 Å². The topological polar surface area (TPSA) is 53.1 Å². The van der Waals surface area contributed by atoms with Crippen LogP contribution < -0.4 is 0 Å². The summed E-state index contributed by atoms with van der Waals surface area (Å²) < 4.78 is 103. The molecule has 0 bridgehead atoms. The molecule has 0 saturated heterocycles. The maximum Gasteiger partial charge on any atom is 0.422 e. The van der Waals surface area contributed by atoms with Crippen LogP contribution in [0.5, 0.6) is 0 Å². The highest BCUT2D eigenvalue weighted by molar-refractivity contribution is 6.04. The van der Waals surface area contributed by atoms with Gasteiger partial charge in [0.25, 0.3) is 0 Å². The lowest BCUT2D eigenvalue weighted by Gasteiger charge is -2.13. The van der Waals surface area contributed by atoms with Gasteiger partial charge in [0.05, 0.1) is 11.1 Å². The third kappa shape index (κ3) is 2.25. The number of carbonyl (C=O) groups is 1. The Hall–Kier alpha value is -2.33. The van der Waals surface area contributed by atoms with Crippen molar-refractivity contribution in [1.29, 1.82) is 0 Å². The SMILES string of the molecule is O=C(O)c1c(F)c(C(F)(F)F)c(F)c2c(C(F)(F)F)c[nH]c12. The highest BCUT2D eigenvalue weighted by Crippen LogP contribution is 2.43. The zero-order valence-corrected chi connectivity index (χ0v) is 9.96. The number of fused-ring (bicyclic) bond motifs is 1. The molecule has 0 aliphatic rings. The second-order valence-electron chi connectivity index (χ2n) is 4.13. The van der Waals surface area contributed by atoms with E-state index in [9.17, 15) is 39.9 Å². The van der Waals surface area contributed by atoms with E-state index in [1.807, 2.05) is 0 Å². The third-order valence-corrected chi connectivity index (χ3v) is 2.81. The van der Waals surface area contributed by atoms with Crippen LogP contribution in [-0.4, -0.2) is 16.1 Å². The first kappa shape index (κ1) is 16.0. The molecule has 1 aromatic carbocycles. The van der Waals surface area contributed by atoms with Crippen molar-refractivity contribution in [3.8, 4) is 0 Å². The average molecular weight is 333 g/mol. The first-order chi connectivity index (χ1) is 9.87. The highest BCUT2D eigenvalue weighted by Gasteiger charge is 2.44. The number of carboxylic acids is 1. The Morgan fingerprint density at radius 1 is 1.00 bits per heavy atom. The molecule has 0 aliphatic heterocycles. The number of H-pyrrole nitrogens is 1. The summed E-state index contributed by atoms with van der Waals surface area (Å²) in [5.41, 5.74) is -7.50. The summed E-state index contributed by atoms with van der Waals surface area (Å²) in [7, 11) is 0. The van der Waals surface area contributed by atoms with Crippen molar-refractivity contribution >= 4 is 16.9 Å². The minimum absolute atomic E-state index is 0.0692. The molecule has 0 spiro atoms. The molecule has 120 valence electrons. The van der Waals surface area contributed by atoms with Crippen LogP contribution in [-0.2, 0) is 12.4 Å². The largest absolute Gasteiger partial charge is 0.478 e. The molecule has 1 aromatic heterocycles. The molecule has 0 fully saturated rings. The number of alkyl halides is 6. The lowest BCUT2D eigenvalue weighted by Crippen LogP contribution is -2.17.